The van der Waals surface area contributed by atoms with Gasteiger partial charge in [-0.1, -0.05) is 72.1 Å². The second kappa shape index (κ2) is 12.5. The average molecular weight is 441 g/mol. The molecule has 0 aromatic carbocycles. The average Bonchev–Trinajstić information content (AvgIpc) is 3.09. The molecule has 0 radical (unpaired) electrons. The van der Waals surface area contributed by atoms with Gasteiger partial charge < -0.3 is 5.11 Å². The molecule has 1 nitrogen and oxygen atoms in total. The van der Waals surface area contributed by atoms with Crippen molar-refractivity contribution < 1.29 is 5.11 Å². The highest BCUT2D eigenvalue weighted by Crippen LogP contribution is 2.64. The summed E-state index contributed by atoms with van der Waals surface area (Å²) < 4.78 is 0. The summed E-state index contributed by atoms with van der Waals surface area (Å²) in [6, 6.07) is 0. The van der Waals surface area contributed by atoms with E-state index in [4.69, 9.17) is 6.42 Å². The van der Waals surface area contributed by atoms with Crippen LogP contribution in [0.4, 0.5) is 0 Å². The van der Waals surface area contributed by atoms with Crippen LogP contribution in [0.3, 0.4) is 0 Å². The van der Waals surface area contributed by atoms with Crippen LogP contribution >= 0.6 is 0 Å². The summed E-state index contributed by atoms with van der Waals surface area (Å²) in [5, 5.41) is 12.3. The van der Waals surface area contributed by atoms with Gasteiger partial charge in [0.1, 0.15) is 0 Å². The molecule has 32 heavy (non-hydrogen) atoms. The fraction of sp³-hybridized carbons (Fsp3) is 0.806. The van der Waals surface area contributed by atoms with E-state index in [0.717, 1.165) is 56.3 Å². The number of aliphatic hydroxyl groups is 1. The minimum atomic E-state index is -0.623. The smallest absolute Gasteiger partial charge is 0.0743 e. The number of hydrogen-bond donors (Lipinski definition) is 1. The molecule has 6 unspecified atom stereocenters. The highest BCUT2D eigenvalue weighted by molar-refractivity contribution is 5.12. The van der Waals surface area contributed by atoms with Crippen molar-refractivity contribution in [2.75, 3.05) is 0 Å². The molecule has 0 spiro atoms. The highest BCUT2D eigenvalue weighted by atomic mass is 16.3. The molecule has 0 heterocycles. The van der Waals surface area contributed by atoms with E-state index in [-0.39, 0.29) is 5.41 Å². The molecule has 1 heteroatoms. The zero-order valence-corrected chi connectivity index (χ0v) is 21.9. The van der Waals surface area contributed by atoms with Gasteiger partial charge in [-0.05, 0) is 92.3 Å². The Bertz CT molecular complexity index is 639. The Morgan fingerprint density at radius 1 is 1.16 bits per heavy atom. The lowest BCUT2D eigenvalue weighted by molar-refractivity contribution is -0.150. The maximum atomic E-state index is 12.3. The van der Waals surface area contributed by atoms with Gasteiger partial charge in [-0.25, -0.2) is 0 Å². The quantitative estimate of drug-likeness (QED) is 0.224. The van der Waals surface area contributed by atoms with Crippen molar-refractivity contribution in [1.29, 1.82) is 0 Å². The standard InChI is InChI=1S/C31H52O/c1-8-11-12-17-26(14-9-2)23-27-20-22-30(7)28(25(6)16-13-15-24(4)5)18-19-29(30)31(27,32)21-10-3/h2,10-12,24-29,32H,3,8,13-23H2,1,4-7H3/b12-11+/t25-,26?,27?,28?,29?,30?,31?/m1/s1. The highest BCUT2D eigenvalue weighted by Gasteiger charge is 2.60. The van der Waals surface area contributed by atoms with Gasteiger partial charge in [-0.2, -0.15) is 0 Å². The van der Waals surface area contributed by atoms with E-state index < -0.39 is 5.60 Å². The topological polar surface area (TPSA) is 20.2 Å². The van der Waals surface area contributed by atoms with Crippen LogP contribution in [0.15, 0.2) is 24.8 Å². The van der Waals surface area contributed by atoms with E-state index >= 15 is 0 Å². The molecule has 2 aliphatic carbocycles. The fourth-order valence-electron chi connectivity index (χ4n) is 7.60. The first kappa shape index (κ1) is 27.2. The Morgan fingerprint density at radius 2 is 1.91 bits per heavy atom. The summed E-state index contributed by atoms with van der Waals surface area (Å²) in [6.45, 7) is 15.9. The first-order chi connectivity index (χ1) is 15.2. The summed E-state index contributed by atoms with van der Waals surface area (Å²) in [6.07, 6.45) is 25.8. The summed E-state index contributed by atoms with van der Waals surface area (Å²) in [5.74, 6) is 6.40. The van der Waals surface area contributed by atoms with E-state index in [1.807, 2.05) is 6.08 Å². The summed E-state index contributed by atoms with van der Waals surface area (Å²) in [7, 11) is 0. The zero-order chi connectivity index (χ0) is 23.8. The Hall–Kier alpha value is -1.00. The van der Waals surface area contributed by atoms with Gasteiger partial charge in [0, 0.05) is 6.42 Å². The Labute approximate surface area is 200 Å². The maximum Gasteiger partial charge on any atom is 0.0743 e. The third-order valence-electron chi connectivity index (χ3n) is 9.25. The van der Waals surface area contributed by atoms with Crippen molar-refractivity contribution in [3.63, 3.8) is 0 Å². The van der Waals surface area contributed by atoms with Gasteiger partial charge in [-0.15, -0.1) is 18.9 Å². The number of terminal acetylenes is 1. The lowest BCUT2D eigenvalue weighted by atomic mass is 9.52. The molecule has 0 amide bonds. The van der Waals surface area contributed by atoms with Crippen molar-refractivity contribution in [2.45, 2.75) is 117 Å². The van der Waals surface area contributed by atoms with Crippen LogP contribution < -0.4 is 0 Å². The summed E-state index contributed by atoms with van der Waals surface area (Å²) in [5.41, 5.74) is -0.363. The van der Waals surface area contributed by atoms with Gasteiger partial charge in [0.25, 0.3) is 0 Å². The van der Waals surface area contributed by atoms with Crippen LogP contribution in [-0.2, 0) is 0 Å². The van der Waals surface area contributed by atoms with E-state index in [1.165, 1.54) is 38.5 Å². The minimum absolute atomic E-state index is 0.259. The first-order valence-corrected chi connectivity index (χ1v) is 13.6. The van der Waals surface area contributed by atoms with E-state index in [1.54, 1.807) is 0 Å². The predicted octanol–water partition coefficient (Wildman–Crippen LogP) is 8.58. The molecular formula is C31H52O. The monoisotopic (exact) mass is 440 g/mol. The maximum absolute atomic E-state index is 12.3. The molecule has 0 bridgehead atoms. The third kappa shape index (κ3) is 6.32. The van der Waals surface area contributed by atoms with Crippen LogP contribution in [0.25, 0.3) is 0 Å². The van der Waals surface area contributed by atoms with Crippen LogP contribution in [-0.4, -0.2) is 10.7 Å². The second-order valence-corrected chi connectivity index (χ2v) is 11.9. The largest absolute Gasteiger partial charge is 0.389 e. The lowest BCUT2D eigenvalue weighted by Gasteiger charge is -2.55. The van der Waals surface area contributed by atoms with Gasteiger partial charge in [-0.3, -0.25) is 0 Å². The molecule has 0 aromatic heterocycles. The normalized spacial score (nSPS) is 34.4. The van der Waals surface area contributed by atoms with Crippen molar-refractivity contribution in [3.05, 3.63) is 24.8 Å². The van der Waals surface area contributed by atoms with Crippen LogP contribution in [0, 0.1) is 53.3 Å². The molecule has 0 aromatic rings. The number of rotatable bonds is 13. The molecular weight excluding hydrogens is 388 g/mol. The Balaban J connectivity index is 2.17. The van der Waals surface area contributed by atoms with Gasteiger partial charge in [0.05, 0.1) is 5.60 Å². The molecule has 2 aliphatic rings. The zero-order valence-electron chi connectivity index (χ0n) is 21.9. The summed E-state index contributed by atoms with van der Waals surface area (Å²) in [4.78, 5) is 0. The number of hydrogen-bond acceptors (Lipinski definition) is 1. The molecule has 2 saturated carbocycles. The second-order valence-electron chi connectivity index (χ2n) is 11.9. The number of allylic oxidation sites excluding steroid dienone is 2. The van der Waals surface area contributed by atoms with Crippen LogP contribution in [0.2, 0.25) is 0 Å². The molecule has 7 atom stereocenters. The Morgan fingerprint density at radius 3 is 2.53 bits per heavy atom. The van der Waals surface area contributed by atoms with Crippen molar-refractivity contribution in [2.24, 2.45) is 40.9 Å². The molecule has 0 aliphatic heterocycles. The first-order valence-electron chi connectivity index (χ1n) is 13.6. The third-order valence-corrected chi connectivity index (χ3v) is 9.25. The molecule has 0 saturated heterocycles. The van der Waals surface area contributed by atoms with Crippen molar-refractivity contribution >= 4 is 0 Å². The molecule has 1 N–H and O–H groups in total. The van der Waals surface area contributed by atoms with E-state index in [2.05, 4.69) is 59.3 Å². The van der Waals surface area contributed by atoms with Gasteiger partial charge in [0.2, 0.25) is 0 Å². The summed E-state index contributed by atoms with van der Waals surface area (Å²) >= 11 is 0. The minimum Gasteiger partial charge on any atom is -0.389 e. The molecule has 2 rings (SSSR count). The van der Waals surface area contributed by atoms with Crippen LogP contribution in [0.1, 0.15) is 112 Å². The number of fused-ring (bicyclic) bond motifs is 1. The fourth-order valence-corrected chi connectivity index (χ4v) is 7.60. The van der Waals surface area contributed by atoms with Crippen molar-refractivity contribution in [3.8, 4) is 12.3 Å². The molecule has 182 valence electrons. The predicted molar refractivity (Wildman–Crippen MR) is 140 cm³/mol. The SMILES string of the molecule is C#CCC(C/C=C/CC)CC1CCC2(C)C([C@H](C)CCCC(C)C)CCC2C1(O)CC=C. The molecule has 2 fully saturated rings. The van der Waals surface area contributed by atoms with Crippen LogP contribution in [0.5, 0.6) is 0 Å². The van der Waals surface area contributed by atoms with Gasteiger partial charge >= 0.3 is 0 Å². The van der Waals surface area contributed by atoms with Gasteiger partial charge in [0.15, 0.2) is 0 Å². The van der Waals surface area contributed by atoms with E-state index in [0.29, 0.717) is 17.8 Å². The Kier molecular flexibility index (Phi) is 10.6. The van der Waals surface area contributed by atoms with E-state index in [9.17, 15) is 5.11 Å². The van der Waals surface area contributed by atoms with Crippen molar-refractivity contribution in [1.82, 2.24) is 0 Å². The lowest BCUT2D eigenvalue weighted by Crippen LogP contribution is -2.55.